The number of hydrogen-bond donors (Lipinski definition) is 0. The maximum atomic E-state index is 13.1. The SMILES string of the molecule is CC(C)N1CCN(c2cc(C(=O)Cc3cc4cc(-c5cn(C)nn5)ncc4cn3)ccn2)CC1. The Morgan fingerprint density at radius 2 is 1.76 bits per heavy atom. The fourth-order valence-corrected chi connectivity index (χ4v) is 4.28. The molecule has 0 atom stereocenters. The minimum absolute atomic E-state index is 0.0273. The van der Waals surface area contributed by atoms with Crippen LogP contribution in [0, 0.1) is 0 Å². The number of aryl methyl sites for hydroxylation is 1. The predicted octanol–water partition coefficient (Wildman–Crippen LogP) is 2.78. The summed E-state index contributed by atoms with van der Waals surface area (Å²) in [4.78, 5) is 31.3. The van der Waals surface area contributed by atoms with Gasteiger partial charge in [0.15, 0.2) is 5.78 Å². The van der Waals surface area contributed by atoms with E-state index < -0.39 is 0 Å². The molecule has 0 radical (unpaired) electrons. The molecule has 9 nitrogen and oxygen atoms in total. The third-order valence-corrected chi connectivity index (χ3v) is 6.30. The fraction of sp³-hybridized carbons (Fsp3) is 0.360. The molecule has 4 aromatic rings. The van der Waals surface area contributed by atoms with E-state index in [0.29, 0.717) is 17.3 Å². The number of ketones is 1. The average Bonchev–Trinajstić information content (AvgIpc) is 3.30. The van der Waals surface area contributed by atoms with Crippen LogP contribution in [-0.4, -0.2) is 72.8 Å². The van der Waals surface area contributed by atoms with E-state index >= 15 is 0 Å². The summed E-state index contributed by atoms with van der Waals surface area (Å²) in [7, 11) is 1.82. The highest BCUT2D eigenvalue weighted by molar-refractivity contribution is 5.98. The topological polar surface area (TPSA) is 92.9 Å². The van der Waals surface area contributed by atoms with Crippen molar-refractivity contribution in [2.75, 3.05) is 31.1 Å². The highest BCUT2D eigenvalue weighted by Crippen LogP contribution is 2.22. The molecule has 0 saturated carbocycles. The van der Waals surface area contributed by atoms with Crippen LogP contribution < -0.4 is 4.90 Å². The summed E-state index contributed by atoms with van der Waals surface area (Å²) in [6.45, 7) is 8.28. The van der Waals surface area contributed by atoms with Crippen molar-refractivity contribution < 1.29 is 4.79 Å². The molecule has 4 aromatic heterocycles. The van der Waals surface area contributed by atoms with Gasteiger partial charge < -0.3 is 4.90 Å². The van der Waals surface area contributed by atoms with E-state index in [1.807, 2.05) is 31.4 Å². The Hall–Kier alpha value is -3.72. The van der Waals surface area contributed by atoms with Crippen LogP contribution in [0.1, 0.15) is 29.9 Å². The van der Waals surface area contributed by atoms with E-state index in [0.717, 1.165) is 54.2 Å². The second kappa shape index (κ2) is 9.26. The summed E-state index contributed by atoms with van der Waals surface area (Å²) in [5, 5.41) is 9.98. The highest BCUT2D eigenvalue weighted by Gasteiger charge is 2.20. The molecule has 1 fully saturated rings. The molecule has 0 aliphatic carbocycles. The molecule has 0 aromatic carbocycles. The Kier molecular flexibility index (Phi) is 6.02. The summed E-state index contributed by atoms with van der Waals surface area (Å²) >= 11 is 0. The summed E-state index contributed by atoms with van der Waals surface area (Å²) in [5.41, 5.74) is 2.82. The second-order valence-electron chi connectivity index (χ2n) is 8.99. The van der Waals surface area contributed by atoms with Gasteiger partial charge in [-0.2, -0.15) is 0 Å². The third kappa shape index (κ3) is 4.65. The van der Waals surface area contributed by atoms with Crippen LogP contribution in [0.2, 0.25) is 0 Å². The maximum Gasteiger partial charge on any atom is 0.169 e. The maximum absolute atomic E-state index is 13.1. The Labute approximate surface area is 198 Å². The van der Waals surface area contributed by atoms with Crippen molar-refractivity contribution in [3.05, 3.63) is 60.3 Å². The van der Waals surface area contributed by atoms with Gasteiger partial charge >= 0.3 is 0 Å². The lowest BCUT2D eigenvalue weighted by Gasteiger charge is -2.37. The molecule has 0 N–H and O–H groups in total. The fourth-order valence-electron chi connectivity index (χ4n) is 4.28. The lowest BCUT2D eigenvalue weighted by Crippen LogP contribution is -2.49. The van der Waals surface area contributed by atoms with Crippen LogP contribution in [0.5, 0.6) is 0 Å². The lowest BCUT2D eigenvalue weighted by atomic mass is 10.1. The Morgan fingerprint density at radius 1 is 0.971 bits per heavy atom. The number of piperazine rings is 1. The zero-order chi connectivity index (χ0) is 23.7. The Morgan fingerprint density at radius 3 is 2.50 bits per heavy atom. The molecule has 0 spiro atoms. The van der Waals surface area contributed by atoms with E-state index in [1.54, 1.807) is 29.3 Å². The number of pyridine rings is 3. The molecule has 5 heterocycles. The van der Waals surface area contributed by atoms with Crippen molar-refractivity contribution in [3.63, 3.8) is 0 Å². The van der Waals surface area contributed by atoms with Crippen LogP contribution in [-0.2, 0) is 13.5 Å². The number of fused-ring (bicyclic) bond motifs is 1. The molecule has 1 saturated heterocycles. The highest BCUT2D eigenvalue weighted by atomic mass is 16.1. The molecule has 1 aliphatic heterocycles. The number of rotatable bonds is 6. The van der Waals surface area contributed by atoms with Gasteiger partial charge in [0.25, 0.3) is 0 Å². The van der Waals surface area contributed by atoms with Gasteiger partial charge in [0.2, 0.25) is 0 Å². The summed E-state index contributed by atoms with van der Waals surface area (Å²) < 4.78 is 1.64. The zero-order valence-electron chi connectivity index (χ0n) is 19.7. The van der Waals surface area contributed by atoms with E-state index in [2.05, 4.69) is 48.9 Å². The molecule has 0 unspecified atom stereocenters. The summed E-state index contributed by atoms with van der Waals surface area (Å²) in [5.74, 6) is 0.889. The second-order valence-corrected chi connectivity index (χ2v) is 8.99. The number of hydrogen-bond acceptors (Lipinski definition) is 8. The van der Waals surface area contributed by atoms with Crippen molar-refractivity contribution in [2.24, 2.45) is 7.05 Å². The van der Waals surface area contributed by atoms with Crippen molar-refractivity contribution in [1.29, 1.82) is 0 Å². The minimum Gasteiger partial charge on any atom is -0.354 e. The molecular formula is C25H28N8O. The van der Waals surface area contributed by atoms with Crippen LogP contribution in [0.4, 0.5) is 5.82 Å². The third-order valence-electron chi connectivity index (χ3n) is 6.30. The standard InChI is InChI=1S/C25H28N8O/c1-17(2)32-6-8-33(9-7-32)25-12-18(4-5-26-25)24(34)13-21-10-19-11-22(23-16-31(3)30-29-23)28-15-20(19)14-27-21/h4-5,10-12,14-17H,6-9,13H2,1-3H3. The van der Waals surface area contributed by atoms with Crippen LogP contribution in [0.25, 0.3) is 22.2 Å². The van der Waals surface area contributed by atoms with Crippen LogP contribution in [0.3, 0.4) is 0 Å². The van der Waals surface area contributed by atoms with E-state index in [1.165, 1.54) is 0 Å². The van der Waals surface area contributed by atoms with Gasteiger partial charge in [-0.15, -0.1) is 5.10 Å². The normalized spacial score (nSPS) is 14.8. The van der Waals surface area contributed by atoms with Crippen molar-refractivity contribution in [3.8, 4) is 11.4 Å². The molecular weight excluding hydrogens is 428 g/mol. The molecule has 5 rings (SSSR count). The quantitative estimate of drug-likeness (QED) is 0.409. The average molecular weight is 457 g/mol. The lowest BCUT2D eigenvalue weighted by molar-refractivity contribution is 0.0992. The van der Waals surface area contributed by atoms with E-state index in [4.69, 9.17) is 0 Å². The predicted molar refractivity (Wildman–Crippen MR) is 131 cm³/mol. The van der Waals surface area contributed by atoms with Gasteiger partial charge in [0.05, 0.1) is 18.3 Å². The molecule has 1 aliphatic rings. The van der Waals surface area contributed by atoms with Gasteiger partial charge in [0.1, 0.15) is 11.5 Å². The molecule has 34 heavy (non-hydrogen) atoms. The number of nitrogens with zero attached hydrogens (tertiary/aromatic N) is 8. The van der Waals surface area contributed by atoms with Gasteiger partial charge in [-0.25, -0.2) is 4.98 Å². The Bertz CT molecular complexity index is 1320. The first-order valence-corrected chi connectivity index (χ1v) is 11.6. The van der Waals surface area contributed by atoms with Gasteiger partial charge in [-0.1, -0.05) is 5.21 Å². The van der Waals surface area contributed by atoms with Gasteiger partial charge in [0, 0.05) is 74.5 Å². The number of carbonyl (C=O) groups is 1. The van der Waals surface area contributed by atoms with Crippen molar-refractivity contribution in [1.82, 2.24) is 34.8 Å². The van der Waals surface area contributed by atoms with Crippen LogP contribution in [0.15, 0.2) is 49.1 Å². The van der Waals surface area contributed by atoms with E-state index in [9.17, 15) is 4.79 Å². The van der Waals surface area contributed by atoms with Crippen molar-refractivity contribution >= 4 is 22.4 Å². The summed E-state index contributed by atoms with van der Waals surface area (Å²) in [6, 6.07) is 8.14. The number of aromatic nitrogens is 6. The monoisotopic (exact) mass is 456 g/mol. The molecule has 9 heteroatoms. The minimum atomic E-state index is 0.0273. The largest absolute Gasteiger partial charge is 0.354 e. The first kappa shape index (κ1) is 22.1. The Balaban J connectivity index is 1.32. The number of carbonyl (C=O) groups excluding carboxylic acids is 1. The zero-order valence-corrected chi connectivity index (χ0v) is 19.7. The van der Waals surface area contributed by atoms with Gasteiger partial charge in [-0.3, -0.25) is 24.3 Å². The smallest absolute Gasteiger partial charge is 0.169 e. The van der Waals surface area contributed by atoms with E-state index in [-0.39, 0.29) is 12.2 Å². The first-order chi connectivity index (χ1) is 16.5. The molecule has 0 amide bonds. The number of Topliss-reactive ketones (excluding diaryl/α,β-unsaturated/α-hetero) is 1. The summed E-state index contributed by atoms with van der Waals surface area (Å²) in [6.07, 6.45) is 7.31. The van der Waals surface area contributed by atoms with Crippen LogP contribution >= 0.6 is 0 Å². The molecule has 0 bridgehead atoms. The number of anilines is 1. The molecule has 174 valence electrons. The van der Waals surface area contributed by atoms with Gasteiger partial charge in [-0.05, 0) is 43.5 Å². The van der Waals surface area contributed by atoms with Crippen molar-refractivity contribution in [2.45, 2.75) is 26.3 Å². The first-order valence-electron chi connectivity index (χ1n) is 11.6.